The highest BCUT2D eigenvalue weighted by Gasteiger charge is 2.31. The molecule has 3 aromatic carbocycles. The third kappa shape index (κ3) is 9.11. The Bertz CT molecular complexity index is 1450. The fourth-order valence-electron chi connectivity index (χ4n) is 4.55. The van der Waals surface area contributed by atoms with Gasteiger partial charge in [-0.25, -0.2) is 17.2 Å². The minimum Gasteiger partial charge on any atom is -0.352 e. The smallest absolute Gasteiger partial charge is 0.243 e. The molecule has 0 heterocycles. The molecule has 3 rings (SSSR count). The number of hydrogen-bond acceptors (Lipinski definition) is 4. The van der Waals surface area contributed by atoms with Crippen molar-refractivity contribution in [2.24, 2.45) is 0 Å². The number of benzene rings is 3. The van der Waals surface area contributed by atoms with Gasteiger partial charge in [0, 0.05) is 38.0 Å². The average molecular weight is 586 g/mol. The van der Waals surface area contributed by atoms with Crippen LogP contribution in [0.3, 0.4) is 0 Å². The van der Waals surface area contributed by atoms with Crippen molar-refractivity contribution in [1.29, 1.82) is 0 Å². The number of carbonyl (C=O) groups excluding carboxylic acids is 2. The van der Waals surface area contributed by atoms with Crippen molar-refractivity contribution in [3.05, 3.63) is 101 Å². The van der Waals surface area contributed by atoms with Crippen molar-refractivity contribution in [1.82, 2.24) is 10.2 Å². The summed E-state index contributed by atoms with van der Waals surface area (Å²) in [5.74, 6) is -2.87. The Labute approximate surface area is 241 Å². The van der Waals surface area contributed by atoms with Crippen LogP contribution in [0.1, 0.15) is 43.4 Å². The summed E-state index contributed by atoms with van der Waals surface area (Å²) < 4.78 is 53.2. The summed E-state index contributed by atoms with van der Waals surface area (Å²) in [6, 6.07) is 18.9. The van der Waals surface area contributed by atoms with Crippen molar-refractivity contribution in [2.45, 2.75) is 58.7 Å². The minimum atomic E-state index is -3.85. The number of aryl methyl sites for hydroxylation is 1. The Morgan fingerprint density at radius 2 is 1.59 bits per heavy atom. The molecule has 7 nitrogen and oxygen atoms in total. The molecule has 3 aromatic rings. The number of hydrogen-bond donors (Lipinski definition) is 1. The maximum Gasteiger partial charge on any atom is 0.243 e. The first-order valence-electron chi connectivity index (χ1n) is 13.5. The molecule has 0 bridgehead atoms. The van der Waals surface area contributed by atoms with Gasteiger partial charge in [-0.3, -0.25) is 13.9 Å². The van der Waals surface area contributed by atoms with E-state index in [1.165, 1.54) is 6.07 Å². The predicted octanol–water partition coefficient (Wildman–Crippen LogP) is 4.98. The highest BCUT2D eigenvalue weighted by atomic mass is 32.2. The third-order valence-corrected chi connectivity index (χ3v) is 7.84. The molecule has 220 valence electrons. The number of rotatable bonds is 13. The van der Waals surface area contributed by atoms with Crippen molar-refractivity contribution in [2.75, 3.05) is 17.1 Å². The lowest BCUT2D eigenvalue weighted by Crippen LogP contribution is -2.52. The van der Waals surface area contributed by atoms with Crippen LogP contribution in [-0.2, 0) is 32.6 Å². The van der Waals surface area contributed by atoms with Gasteiger partial charge in [0.1, 0.15) is 6.04 Å². The summed E-state index contributed by atoms with van der Waals surface area (Å²) in [6.45, 7) is 5.69. The minimum absolute atomic E-state index is 0.0334. The van der Waals surface area contributed by atoms with Gasteiger partial charge < -0.3 is 10.2 Å². The first-order chi connectivity index (χ1) is 19.4. The second-order valence-corrected chi connectivity index (χ2v) is 12.3. The van der Waals surface area contributed by atoms with E-state index in [0.29, 0.717) is 6.42 Å². The summed E-state index contributed by atoms with van der Waals surface area (Å²) >= 11 is 0. The number of halogens is 2. The van der Waals surface area contributed by atoms with Crippen molar-refractivity contribution < 1.29 is 26.8 Å². The van der Waals surface area contributed by atoms with Crippen molar-refractivity contribution in [3.8, 4) is 0 Å². The predicted molar refractivity (Wildman–Crippen MR) is 157 cm³/mol. The summed E-state index contributed by atoms with van der Waals surface area (Å²) in [5, 5.41) is 2.94. The summed E-state index contributed by atoms with van der Waals surface area (Å²) in [6.07, 6.45) is 1.29. The Morgan fingerprint density at radius 3 is 2.20 bits per heavy atom. The molecule has 41 heavy (non-hydrogen) atoms. The largest absolute Gasteiger partial charge is 0.352 e. The molecule has 0 spiro atoms. The van der Waals surface area contributed by atoms with E-state index in [0.717, 1.165) is 39.4 Å². The average Bonchev–Trinajstić information content (AvgIpc) is 2.90. The molecule has 0 fully saturated rings. The Balaban J connectivity index is 1.89. The maximum absolute atomic E-state index is 13.9. The van der Waals surface area contributed by atoms with Crippen LogP contribution in [0.15, 0.2) is 72.8 Å². The summed E-state index contributed by atoms with van der Waals surface area (Å²) in [4.78, 5) is 28.8. The molecule has 10 heteroatoms. The lowest BCUT2D eigenvalue weighted by atomic mass is 10.0. The lowest BCUT2D eigenvalue weighted by molar-refractivity contribution is -0.141. The normalized spacial score (nSPS) is 12.2. The zero-order valence-corrected chi connectivity index (χ0v) is 24.6. The summed E-state index contributed by atoms with van der Waals surface area (Å²) in [5.41, 5.74) is 2.71. The van der Waals surface area contributed by atoms with Gasteiger partial charge in [0.2, 0.25) is 21.8 Å². The Hall–Kier alpha value is -3.79. The highest BCUT2D eigenvalue weighted by Crippen LogP contribution is 2.22. The zero-order chi connectivity index (χ0) is 30.2. The first kappa shape index (κ1) is 31.7. The van der Waals surface area contributed by atoms with E-state index in [2.05, 4.69) is 5.32 Å². The van der Waals surface area contributed by atoms with Crippen LogP contribution in [0.5, 0.6) is 0 Å². The highest BCUT2D eigenvalue weighted by molar-refractivity contribution is 7.92. The number of anilines is 1. The molecule has 0 aliphatic rings. The number of nitrogens with one attached hydrogen (secondary N) is 1. The number of sulfonamides is 1. The van der Waals surface area contributed by atoms with E-state index in [4.69, 9.17) is 0 Å². The van der Waals surface area contributed by atoms with E-state index in [1.807, 2.05) is 75.4 Å². The van der Waals surface area contributed by atoms with E-state index in [-0.39, 0.29) is 49.5 Å². The first-order valence-corrected chi connectivity index (χ1v) is 15.3. The SMILES string of the molecule is Cc1ccccc1CN(C(=O)CCCN(c1ccc(F)c(F)c1)S(C)(=O)=O)[C@H](Cc1ccccc1)C(=O)NC(C)C. The zero-order valence-electron chi connectivity index (χ0n) is 23.8. The maximum atomic E-state index is 13.9. The molecular weight excluding hydrogens is 548 g/mol. The molecule has 0 saturated heterocycles. The van der Waals surface area contributed by atoms with Gasteiger partial charge in [0.25, 0.3) is 0 Å². The molecule has 0 aliphatic heterocycles. The molecule has 0 aromatic heterocycles. The number of nitrogens with zero attached hydrogens (tertiary/aromatic N) is 2. The van der Waals surface area contributed by atoms with Crippen LogP contribution in [0.2, 0.25) is 0 Å². The topological polar surface area (TPSA) is 86.8 Å². The fraction of sp³-hybridized carbons (Fsp3) is 0.355. The molecule has 1 N–H and O–H groups in total. The standard InChI is InChI=1S/C31H37F2N3O4S/c1-22(2)34-31(38)29(19-24-12-6-5-7-13-24)35(21-25-14-9-8-11-23(25)3)30(37)15-10-18-36(41(4,39)40)26-16-17-27(32)28(33)20-26/h5-9,11-14,16-17,20,22,29H,10,15,18-19,21H2,1-4H3,(H,34,38)/t29-/m1/s1. The van der Waals surface area contributed by atoms with Gasteiger partial charge in [0.15, 0.2) is 11.6 Å². The van der Waals surface area contributed by atoms with E-state index in [9.17, 15) is 26.8 Å². The molecule has 1 atom stereocenters. The molecule has 0 radical (unpaired) electrons. The van der Waals surface area contributed by atoms with Gasteiger partial charge >= 0.3 is 0 Å². The van der Waals surface area contributed by atoms with Crippen molar-refractivity contribution >= 4 is 27.5 Å². The fourth-order valence-corrected chi connectivity index (χ4v) is 5.51. The second kappa shape index (κ2) is 14.2. The van der Waals surface area contributed by atoms with Crippen LogP contribution in [0.25, 0.3) is 0 Å². The van der Waals surface area contributed by atoms with Gasteiger partial charge in [-0.15, -0.1) is 0 Å². The monoisotopic (exact) mass is 585 g/mol. The van der Waals surface area contributed by atoms with Crippen LogP contribution in [-0.4, -0.2) is 50.0 Å². The number of amides is 2. The second-order valence-electron chi connectivity index (χ2n) is 10.4. The van der Waals surface area contributed by atoms with E-state index in [1.54, 1.807) is 4.90 Å². The molecule has 2 amide bonds. The number of carbonyl (C=O) groups is 2. The Morgan fingerprint density at radius 1 is 0.927 bits per heavy atom. The van der Waals surface area contributed by atoms with Crippen LogP contribution >= 0.6 is 0 Å². The molecular formula is C31H37F2N3O4S. The van der Waals surface area contributed by atoms with Crippen LogP contribution < -0.4 is 9.62 Å². The quantitative estimate of drug-likeness (QED) is 0.307. The van der Waals surface area contributed by atoms with Gasteiger partial charge in [0.05, 0.1) is 11.9 Å². The molecule has 0 unspecified atom stereocenters. The lowest BCUT2D eigenvalue weighted by Gasteiger charge is -2.33. The Kier molecular flexibility index (Phi) is 11.0. The van der Waals surface area contributed by atoms with E-state index < -0.39 is 27.7 Å². The third-order valence-electron chi connectivity index (χ3n) is 6.65. The molecule has 0 aliphatic carbocycles. The molecule has 0 saturated carbocycles. The van der Waals surface area contributed by atoms with Gasteiger partial charge in [-0.1, -0.05) is 54.6 Å². The summed E-state index contributed by atoms with van der Waals surface area (Å²) in [7, 11) is -3.85. The van der Waals surface area contributed by atoms with Crippen LogP contribution in [0.4, 0.5) is 14.5 Å². The van der Waals surface area contributed by atoms with Gasteiger partial charge in [-0.05, 0) is 56.0 Å². The van der Waals surface area contributed by atoms with Crippen molar-refractivity contribution in [3.63, 3.8) is 0 Å². The van der Waals surface area contributed by atoms with E-state index >= 15 is 0 Å². The van der Waals surface area contributed by atoms with Crippen LogP contribution in [0, 0.1) is 18.6 Å². The van der Waals surface area contributed by atoms with Gasteiger partial charge in [-0.2, -0.15) is 0 Å².